The van der Waals surface area contributed by atoms with Crippen LogP contribution in [0.1, 0.15) is 27.8 Å². The van der Waals surface area contributed by atoms with Crippen LogP contribution in [0.2, 0.25) is 0 Å². The summed E-state index contributed by atoms with van der Waals surface area (Å²) in [5.41, 5.74) is -0.365. The van der Waals surface area contributed by atoms with Gasteiger partial charge >= 0.3 is 5.97 Å². The highest BCUT2D eigenvalue weighted by atomic mass is 19.1. The normalized spacial score (nSPS) is 11.6. The largest absolute Gasteiger partial charge is 0.442 e. The molecule has 1 aromatic heterocycles. The molecular weight excluding hydrogens is 389 g/mol. The lowest BCUT2D eigenvalue weighted by molar-refractivity contribution is -0.138. The van der Waals surface area contributed by atoms with Crippen molar-refractivity contribution in [1.29, 1.82) is 0 Å². The molecule has 1 atom stereocenters. The first kappa shape index (κ1) is 20.9. The molecule has 1 heterocycles. The number of aromatic nitrogens is 2. The summed E-state index contributed by atoms with van der Waals surface area (Å²) < 4.78 is 20.7. The van der Waals surface area contributed by atoms with E-state index in [4.69, 9.17) is 4.74 Å². The zero-order valence-corrected chi connectivity index (χ0v) is 16.7. The van der Waals surface area contributed by atoms with Crippen LogP contribution in [0.3, 0.4) is 0 Å². The Bertz CT molecular complexity index is 1140. The molecule has 3 aromatic rings. The molecule has 1 amide bonds. The topological polar surface area (TPSA) is 81.5 Å². The van der Waals surface area contributed by atoms with Crippen molar-refractivity contribution in [3.8, 4) is 5.69 Å². The van der Waals surface area contributed by atoms with Crippen LogP contribution < -0.4 is 5.43 Å². The van der Waals surface area contributed by atoms with Crippen molar-refractivity contribution in [1.82, 2.24) is 14.7 Å². The van der Waals surface area contributed by atoms with Gasteiger partial charge in [0.25, 0.3) is 5.91 Å². The molecule has 0 unspecified atom stereocenters. The predicted molar refractivity (Wildman–Crippen MR) is 108 cm³/mol. The van der Waals surface area contributed by atoms with Crippen molar-refractivity contribution < 1.29 is 18.7 Å². The summed E-state index contributed by atoms with van der Waals surface area (Å²) in [4.78, 5) is 39.1. The number of ether oxygens (including phenoxy) is 1. The molecule has 0 spiro atoms. The van der Waals surface area contributed by atoms with Crippen molar-refractivity contribution in [2.45, 2.75) is 13.0 Å². The first-order chi connectivity index (χ1) is 14.3. The molecule has 30 heavy (non-hydrogen) atoms. The number of hydrogen-bond donors (Lipinski definition) is 0. The average Bonchev–Trinajstić information content (AvgIpc) is 2.72. The summed E-state index contributed by atoms with van der Waals surface area (Å²) in [6.07, 6.45) is -1.25. The van der Waals surface area contributed by atoms with Gasteiger partial charge in [-0.15, -0.1) is 0 Å². The van der Waals surface area contributed by atoms with E-state index in [1.54, 1.807) is 43.3 Å². The van der Waals surface area contributed by atoms with Gasteiger partial charge in [-0.3, -0.25) is 9.59 Å². The Labute approximate surface area is 172 Å². The Morgan fingerprint density at radius 3 is 2.33 bits per heavy atom. The molecule has 2 aromatic carbocycles. The fourth-order valence-corrected chi connectivity index (χ4v) is 2.84. The van der Waals surface area contributed by atoms with Crippen molar-refractivity contribution in [3.63, 3.8) is 0 Å². The molecule has 0 saturated carbocycles. The lowest BCUT2D eigenvalue weighted by atomic mass is 10.1. The van der Waals surface area contributed by atoms with Crippen LogP contribution in [0.5, 0.6) is 0 Å². The second-order valence-corrected chi connectivity index (χ2v) is 6.79. The minimum Gasteiger partial charge on any atom is -0.442 e. The van der Waals surface area contributed by atoms with E-state index >= 15 is 0 Å². The molecule has 0 radical (unpaired) electrons. The number of para-hydroxylation sites is 1. The van der Waals surface area contributed by atoms with Gasteiger partial charge in [-0.2, -0.15) is 5.10 Å². The number of amides is 1. The number of esters is 1. The lowest BCUT2D eigenvalue weighted by Crippen LogP contribution is -2.33. The number of rotatable bonds is 5. The molecule has 0 fully saturated rings. The fraction of sp³-hybridized carbons (Fsp3) is 0.182. The molecule has 3 rings (SSSR count). The van der Waals surface area contributed by atoms with Crippen LogP contribution in [0.15, 0.2) is 65.5 Å². The van der Waals surface area contributed by atoms with Crippen LogP contribution in [-0.4, -0.2) is 40.7 Å². The third-order valence-corrected chi connectivity index (χ3v) is 4.37. The average molecular weight is 409 g/mol. The Morgan fingerprint density at radius 1 is 1.07 bits per heavy atom. The zero-order valence-electron chi connectivity index (χ0n) is 16.7. The van der Waals surface area contributed by atoms with Crippen LogP contribution in [-0.2, 0) is 9.53 Å². The number of hydrogen-bond acceptors (Lipinski definition) is 5. The number of aryl methyl sites for hydroxylation is 1. The van der Waals surface area contributed by atoms with E-state index in [2.05, 4.69) is 5.10 Å². The number of nitrogens with zero attached hydrogens (tertiary/aromatic N) is 3. The Kier molecular flexibility index (Phi) is 6.06. The maximum absolute atomic E-state index is 14.2. The summed E-state index contributed by atoms with van der Waals surface area (Å²) >= 11 is 0. The van der Waals surface area contributed by atoms with Gasteiger partial charge in [-0.05, 0) is 19.1 Å². The third kappa shape index (κ3) is 4.27. The van der Waals surface area contributed by atoms with Crippen molar-refractivity contribution in [3.05, 3.63) is 93.7 Å². The summed E-state index contributed by atoms with van der Waals surface area (Å²) in [5.74, 6) is -2.12. The highest BCUT2D eigenvalue weighted by Gasteiger charge is 2.29. The SMILES string of the molecule is Cc1cc(=O)c(C(=O)O[C@@H](C(=O)N(C)C)c2ccccc2)nn1-c1ccccc1F. The summed E-state index contributed by atoms with van der Waals surface area (Å²) in [6, 6.07) is 15.4. The van der Waals surface area contributed by atoms with E-state index in [0.717, 1.165) is 4.68 Å². The van der Waals surface area contributed by atoms with Crippen LogP contribution in [0, 0.1) is 12.7 Å². The number of carbonyl (C=O) groups is 2. The fourth-order valence-electron chi connectivity index (χ4n) is 2.84. The minimum atomic E-state index is -1.25. The highest BCUT2D eigenvalue weighted by Crippen LogP contribution is 2.21. The maximum Gasteiger partial charge on any atom is 0.364 e. The summed E-state index contributed by atoms with van der Waals surface area (Å²) in [6.45, 7) is 1.57. The van der Waals surface area contributed by atoms with E-state index in [0.29, 0.717) is 11.3 Å². The second kappa shape index (κ2) is 8.69. The van der Waals surface area contributed by atoms with Gasteiger partial charge in [-0.25, -0.2) is 13.9 Å². The summed E-state index contributed by atoms with van der Waals surface area (Å²) in [5, 5.41) is 4.02. The first-order valence-corrected chi connectivity index (χ1v) is 9.12. The van der Waals surface area contributed by atoms with Crippen LogP contribution in [0.25, 0.3) is 5.69 Å². The van der Waals surface area contributed by atoms with Gasteiger partial charge in [0.15, 0.2) is 0 Å². The molecule has 154 valence electrons. The van der Waals surface area contributed by atoms with Gasteiger partial charge < -0.3 is 9.64 Å². The third-order valence-electron chi connectivity index (χ3n) is 4.37. The molecule has 0 N–H and O–H groups in total. The van der Waals surface area contributed by atoms with E-state index in [9.17, 15) is 18.8 Å². The minimum absolute atomic E-state index is 0.0769. The molecule has 0 aliphatic heterocycles. The Balaban J connectivity index is 2.01. The first-order valence-electron chi connectivity index (χ1n) is 9.12. The Morgan fingerprint density at radius 2 is 1.70 bits per heavy atom. The maximum atomic E-state index is 14.2. The van der Waals surface area contributed by atoms with Gasteiger partial charge in [-0.1, -0.05) is 42.5 Å². The highest BCUT2D eigenvalue weighted by molar-refractivity contribution is 5.91. The second-order valence-electron chi connectivity index (χ2n) is 6.79. The zero-order chi connectivity index (χ0) is 21.8. The molecule has 7 nitrogen and oxygen atoms in total. The van der Waals surface area contributed by atoms with E-state index in [-0.39, 0.29) is 5.69 Å². The van der Waals surface area contributed by atoms with E-state index in [1.807, 2.05) is 0 Å². The number of halogens is 1. The van der Waals surface area contributed by atoms with Gasteiger partial charge in [0.1, 0.15) is 11.5 Å². The smallest absolute Gasteiger partial charge is 0.364 e. The molecule has 0 saturated heterocycles. The predicted octanol–water partition coefficient (Wildman–Crippen LogP) is 2.67. The monoisotopic (exact) mass is 409 g/mol. The van der Waals surface area contributed by atoms with Gasteiger partial charge in [0, 0.05) is 31.4 Å². The number of benzene rings is 2. The number of likely N-dealkylation sites (N-methyl/N-ethyl adjacent to an activating group) is 1. The quantitative estimate of drug-likeness (QED) is 0.605. The van der Waals surface area contributed by atoms with Crippen LogP contribution in [0.4, 0.5) is 4.39 Å². The number of carbonyl (C=O) groups excluding carboxylic acids is 2. The van der Waals surface area contributed by atoms with Gasteiger partial charge in [0.05, 0.1) is 0 Å². The standard InChI is InChI=1S/C22H20FN3O4/c1-14-13-18(27)19(24-26(14)17-12-8-7-11-16(17)23)22(29)30-20(21(28)25(2)3)15-9-5-4-6-10-15/h4-13,20H,1-3H3/t20-/m1/s1. The van der Waals surface area contributed by atoms with Crippen molar-refractivity contribution in [2.75, 3.05) is 14.1 Å². The molecule has 0 bridgehead atoms. The summed E-state index contributed by atoms with van der Waals surface area (Å²) in [7, 11) is 3.06. The molecular formula is C22H20FN3O4. The molecule has 0 aliphatic rings. The lowest BCUT2D eigenvalue weighted by Gasteiger charge is -2.21. The molecule has 0 aliphatic carbocycles. The Hall–Kier alpha value is -3.81. The van der Waals surface area contributed by atoms with Crippen LogP contribution >= 0.6 is 0 Å². The molecule has 8 heteroatoms. The van der Waals surface area contributed by atoms with Crippen molar-refractivity contribution >= 4 is 11.9 Å². The van der Waals surface area contributed by atoms with E-state index in [1.165, 1.54) is 43.3 Å². The van der Waals surface area contributed by atoms with Crippen molar-refractivity contribution in [2.24, 2.45) is 0 Å². The van der Waals surface area contributed by atoms with E-state index < -0.39 is 34.9 Å². The van der Waals surface area contributed by atoms with Gasteiger partial charge in [0.2, 0.25) is 17.2 Å².